The number of nitrogens with zero attached hydrogens (tertiary/aromatic N) is 4. The van der Waals surface area contributed by atoms with Gasteiger partial charge in [0.25, 0.3) is 5.91 Å². The Kier molecular flexibility index (Phi) is 4.59. The smallest absolute Gasteiger partial charge is 0.273 e. The fourth-order valence-electron chi connectivity index (χ4n) is 3.09. The van der Waals surface area contributed by atoms with Gasteiger partial charge in [0.05, 0.1) is 6.20 Å². The number of carbonyl (C=O) groups is 1. The zero-order chi connectivity index (χ0) is 17.8. The molecule has 132 valence electrons. The maximum absolute atomic E-state index is 12.4. The van der Waals surface area contributed by atoms with E-state index in [0.29, 0.717) is 11.5 Å². The van der Waals surface area contributed by atoms with Crippen LogP contribution in [0.15, 0.2) is 59.5 Å². The highest BCUT2D eigenvalue weighted by Crippen LogP contribution is 2.20. The molecule has 0 bridgehead atoms. The molecule has 26 heavy (non-hydrogen) atoms. The molecule has 1 saturated heterocycles. The maximum atomic E-state index is 12.4. The molecule has 4 rings (SSSR count). The lowest BCUT2D eigenvalue weighted by molar-refractivity contribution is 0.0922. The summed E-state index contributed by atoms with van der Waals surface area (Å²) in [4.78, 5) is 23.0. The minimum Gasteiger partial charge on any atom is -0.355 e. The SMILES string of the molecule is O=C(NC1CCN(c2cnccn2)CC1)c1cc(-c2ccccc2)on1. The number of benzene rings is 1. The second kappa shape index (κ2) is 7.35. The van der Waals surface area contributed by atoms with Gasteiger partial charge in [-0.2, -0.15) is 0 Å². The average molecular weight is 349 g/mol. The van der Waals surface area contributed by atoms with Crippen molar-refractivity contribution in [2.24, 2.45) is 0 Å². The van der Waals surface area contributed by atoms with Gasteiger partial charge in [0.1, 0.15) is 5.82 Å². The topological polar surface area (TPSA) is 84.2 Å². The molecule has 0 spiro atoms. The van der Waals surface area contributed by atoms with E-state index in [9.17, 15) is 4.79 Å². The Hall–Kier alpha value is -3.22. The molecule has 1 fully saturated rings. The third-order valence-electron chi connectivity index (χ3n) is 4.50. The molecule has 2 aromatic heterocycles. The van der Waals surface area contributed by atoms with Crippen LogP contribution in [-0.2, 0) is 0 Å². The van der Waals surface area contributed by atoms with Crippen molar-refractivity contribution in [1.82, 2.24) is 20.4 Å². The molecule has 0 unspecified atom stereocenters. The third-order valence-corrected chi connectivity index (χ3v) is 4.50. The van der Waals surface area contributed by atoms with Gasteiger partial charge < -0.3 is 14.7 Å². The van der Waals surface area contributed by atoms with Gasteiger partial charge in [-0.25, -0.2) is 4.98 Å². The van der Waals surface area contributed by atoms with E-state index < -0.39 is 0 Å². The number of hydrogen-bond acceptors (Lipinski definition) is 6. The van der Waals surface area contributed by atoms with E-state index in [-0.39, 0.29) is 11.9 Å². The molecule has 0 atom stereocenters. The summed E-state index contributed by atoms with van der Waals surface area (Å²) in [6.07, 6.45) is 6.83. The monoisotopic (exact) mass is 349 g/mol. The van der Waals surface area contributed by atoms with Crippen molar-refractivity contribution in [3.05, 3.63) is 60.7 Å². The number of rotatable bonds is 4. The first kappa shape index (κ1) is 16.3. The molecule has 3 heterocycles. The number of anilines is 1. The molecule has 1 N–H and O–H groups in total. The van der Waals surface area contributed by atoms with Gasteiger partial charge in [0.15, 0.2) is 11.5 Å². The summed E-state index contributed by atoms with van der Waals surface area (Å²) in [6.45, 7) is 1.66. The van der Waals surface area contributed by atoms with Crippen LogP contribution in [0.25, 0.3) is 11.3 Å². The van der Waals surface area contributed by atoms with Gasteiger partial charge in [-0.15, -0.1) is 0 Å². The molecule has 1 amide bonds. The highest BCUT2D eigenvalue weighted by atomic mass is 16.5. The zero-order valence-electron chi connectivity index (χ0n) is 14.2. The summed E-state index contributed by atoms with van der Waals surface area (Å²) in [5, 5.41) is 6.95. The Morgan fingerprint density at radius 1 is 1.15 bits per heavy atom. The summed E-state index contributed by atoms with van der Waals surface area (Å²) in [7, 11) is 0. The van der Waals surface area contributed by atoms with Crippen LogP contribution >= 0.6 is 0 Å². The van der Waals surface area contributed by atoms with E-state index in [1.54, 1.807) is 24.7 Å². The van der Waals surface area contributed by atoms with Crippen molar-refractivity contribution in [3.63, 3.8) is 0 Å². The molecule has 1 aromatic carbocycles. The summed E-state index contributed by atoms with van der Waals surface area (Å²) in [6, 6.07) is 11.4. The van der Waals surface area contributed by atoms with E-state index in [4.69, 9.17) is 4.52 Å². The largest absolute Gasteiger partial charge is 0.355 e. The number of hydrogen-bond donors (Lipinski definition) is 1. The molecule has 7 heteroatoms. The number of nitrogens with one attached hydrogen (secondary N) is 1. The van der Waals surface area contributed by atoms with Gasteiger partial charge in [-0.3, -0.25) is 9.78 Å². The van der Waals surface area contributed by atoms with Crippen LogP contribution in [0.2, 0.25) is 0 Å². The molecular weight excluding hydrogens is 330 g/mol. The number of carbonyl (C=O) groups excluding carboxylic acids is 1. The second-order valence-corrected chi connectivity index (χ2v) is 6.24. The van der Waals surface area contributed by atoms with Crippen LogP contribution < -0.4 is 10.2 Å². The first-order valence-electron chi connectivity index (χ1n) is 8.63. The van der Waals surface area contributed by atoms with Crippen LogP contribution in [0.5, 0.6) is 0 Å². The van der Waals surface area contributed by atoms with E-state index >= 15 is 0 Å². The Bertz CT molecular complexity index is 858. The zero-order valence-corrected chi connectivity index (χ0v) is 14.2. The van der Waals surface area contributed by atoms with Crippen LogP contribution in [0.4, 0.5) is 5.82 Å². The molecule has 7 nitrogen and oxygen atoms in total. The molecule has 1 aliphatic heterocycles. The van der Waals surface area contributed by atoms with Crippen LogP contribution in [0.1, 0.15) is 23.3 Å². The minimum atomic E-state index is -0.200. The van der Waals surface area contributed by atoms with Gasteiger partial charge in [-0.05, 0) is 12.8 Å². The number of aromatic nitrogens is 3. The predicted molar refractivity (Wildman–Crippen MR) is 96.7 cm³/mol. The van der Waals surface area contributed by atoms with Gasteiger partial charge in [0.2, 0.25) is 0 Å². The molecule has 0 radical (unpaired) electrons. The van der Waals surface area contributed by atoms with Crippen LogP contribution in [0.3, 0.4) is 0 Å². The molecule has 0 aliphatic carbocycles. The van der Waals surface area contributed by atoms with Crippen molar-refractivity contribution in [2.45, 2.75) is 18.9 Å². The fourth-order valence-corrected chi connectivity index (χ4v) is 3.09. The van der Waals surface area contributed by atoms with Crippen molar-refractivity contribution in [2.75, 3.05) is 18.0 Å². The third kappa shape index (κ3) is 3.56. The number of amides is 1. The highest BCUT2D eigenvalue weighted by molar-refractivity contribution is 5.93. The Labute approximate surface area is 151 Å². The summed E-state index contributed by atoms with van der Waals surface area (Å²) in [5.41, 5.74) is 1.21. The van der Waals surface area contributed by atoms with Crippen molar-refractivity contribution in [3.8, 4) is 11.3 Å². The average Bonchev–Trinajstić information content (AvgIpc) is 3.20. The second-order valence-electron chi connectivity index (χ2n) is 6.24. The van der Waals surface area contributed by atoms with Crippen LogP contribution in [-0.4, -0.2) is 40.2 Å². The predicted octanol–water partition coefficient (Wildman–Crippen LogP) is 2.53. The van der Waals surface area contributed by atoms with Gasteiger partial charge in [-0.1, -0.05) is 35.5 Å². The van der Waals surface area contributed by atoms with Crippen molar-refractivity contribution < 1.29 is 9.32 Å². The highest BCUT2D eigenvalue weighted by Gasteiger charge is 2.23. The first-order valence-corrected chi connectivity index (χ1v) is 8.63. The molecule has 1 aliphatic rings. The fraction of sp³-hybridized carbons (Fsp3) is 0.263. The van der Waals surface area contributed by atoms with Gasteiger partial charge >= 0.3 is 0 Å². The lowest BCUT2D eigenvalue weighted by Gasteiger charge is -2.32. The normalized spacial score (nSPS) is 15.0. The lowest BCUT2D eigenvalue weighted by Crippen LogP contribution is -2.45. The Morgan fingerprint density at radius 2 is 1.96 bits per heavy atom. The quantitative estimate of drug-likeness (QED) is 0.779. The molecule has 0 saturated carbocycles. The summed E-state index contributed by atoms with van der Waals surface area (Å²) >= 11 is 0. The first-order chi connectivity index (χ1) is 12.8. The standard InChI is InChI=1S/C19H19N5O2/c25-19(16-12-17(26-23-16)14-4-2-1-3-5-14)22-15-6-10-24(11-7-15)18-13-20-8-9-21-18/h1-5,8-9,12-13,15H,6-7,10-11H2,(H,22,25). The summed E-state index contributed by atoms with van der Waals surface area (Å²) in [5.74, 6) is 1.27. The van der Waals surface area contributed by atoms with E-state index in [1.165, 1.54) is 0 Å². The van der Waals surface area contributed by atoms with Crippen LogP contribution in [0, 0.1) is 0 Å². The summed E-state index contributed by atoms with van der Waals surface area (Å²) < 4.78 is 5.30. The Balaban J connectivity index is 1.34. The van der Waals surface area contributed by atoms with Gasteiger partial charge in [0, 0.05) is 43.2 Å². The van der Waals surface area contributed by atoms with E-state index in [0.717, 1.165) is 37.3 Å². The lowest BCUT2D eigenvalue weighted by atomic mass is 10.0. The molecule has 3 aromatic rings. The van der Waals surface area contributed by atoms with E-state index in [1.807, 2.05) is 30.3 Å². The van der Waals surface area contributed by atoms with Crippen molar-refractivity contribution >= 4 is 11.7 Å². The minimum absolute atomic E-state index is 0.118. The van der Waals surface area contributed by atoms with E-state index in [2.05, 4.69) is 25.3 Å². The molecular formula is C19H19N5O2. The number of piperidine rings is 1. The Morgan fingerprint density at radius 3 is 2.69 bits per heavy atom. The van der Waals surface area contributed by atoms with Crippen molar-refractivity contribution in [1.29, 1.82) is 0 Å². The maximum Gasteiger partial charge on any atom is 0.273 e.